The third kappa shape index (κ3) is 3.47. The number of halogens is 1. The fraction of sp³-hybridized carbons (Fsp3) is 0.111. The Morgan fingerprint density at radius 3 is 2.45 bits per heavy atom. The SMILES string of the molecule is O=C1OC(CCc2ccccc2)=N/C1=C/c1ccc(F)cc1. The number of aryl methyl sites for hydroxylation is 1. The van der Waals surface area contributed by atoms with E-state index in [1.165, 1.54) is 12.1 Å². The molecule has 0 saturated heterocycles. The molecule has 0 radical (unpaired) electrons. The highest BCUT2D eigenvalue weighted by molar-refractivity contribution is 6.07. The molecule has 0 bridgehead atoms. The largest absolute Gasteiger partial charge is 0.407 e. The summed E-state index contributed by atoms with van der Waals surface area (Å²) in [5.74, 6) is -0.363. The van der Waals surface area contributed by atoms with Crippen molar-refractivity contribution in [2.24, 2.45) is 4.99 Å². The lowest BCUT2D eigenvalue weighted by atomic mass is 10.1. The smallest absolute Gasteiger partial charge is 0.363 e. The van der Waals surface area contributed by atoms with Gasteiger partial charge in [0.25, 0.3) is 0 Å². The van der Waals surface area contributed by atoms with Gasteiger partial charge in [0.15, 0.2) is 11.6 Å². The van der Waals surface area contributed by atoms with Gasteiger partial charge in [0.2, 0.25) is 0 Å². The van der Waals surface area contributed by atoms with Crippen molar-refractivity contribution >= 4 is 17.9 Å². The van der Waals surface area contributed by atoms with E-state index in [0.717, 1.165) is 12.0 Å². The Bertz CT molecular complexity index is 733. The third-order valence-electron chi connectivity index (χ3n) is 3.31. The molecule has 3 nitrogen and oxygen atoms in total. The summed E-state index contributed by atoms with van der Waals surface area (Å²) in [5.41, 5.74) is 2.12. The maximum absolute atomic E-state index is 12.9. The van der Waals surface area contributed by atoms with Gasteiger partial charge in [-0.2, -0.15) is 0 Å². The van der Waals surface area contributed by atoms with Crippen LogP contribution >= 0.6 is 0 Å². The van der Waals surface area contributed by atoms with Crippen LogP contribution < -0.4 is 0 Å². The van der Waals surface area contributed by atoms with Gasteiger partial charge in [0, 0.05) is 6.42 Å². The number of rotatable bonds is 4. The van der Waals surface area contributed by atoms with Gasteiger partial charge in [-0.3, -0.25) is 0 Å². The molecule has 0 N–H and O–H groups in total. The van der Waals surface area contributed by atoms with Crippen molar-refractivity contribution in [2.45, 2.75) is 12.8 Å². The Hall–Kier alpha value is -2.75. The molecular weight excluding hydrogens is 281 g/mol. The van der Waals surface area contributed by atoms with Crippen LogP contribution in [0.15, 0.2) is 65.3 Å². The second kappa shape index (κ2) is 6.35. The van der Waals surface area contributed by atoms with Gasteiger partial charge in [-0.1, -0.05) is 42.5 Å². The van der Waals surface area contributed by atoms with E-state index in [-0.39, 0.29) is 11.5 Å². The van der Waals surface area contributed by atoms with Gasteiger partial charge in [-0.15, -0.1) is 0 Å². The van der Waals surface area contributed by atoms with Crippen molar-refractivity contribution in [2.75, 3.05) is 0 Å². The Balaban J connectivity index is 1.70. The fourth-order valence-corrected chi connectivity index (χ4v) is 2.17. The highest BCUT2D eigenvalue weighted by Gasteiger charge is 2.22. The molecule has 0 saturated carbocycles. The lowest BCUT2D eigenvalue weighted by Crippen LogP contribution is -2.05. The molecule has 0 fully saturated rings. The zero-order valence-corrected chi connectivity index (χ0v) is 11.8. The van der Waals surface area contributed by atoms with Gasteiger partial charge in [0.05, 0.1) is 0 Å². The van der Waals surface area contributed by atoms with Gasteiger partial charge in [-0.05, 0) is 35.8 Å². The van der Waals surface area contributed by atoms with Crippen LogP contribution in [0, 0.1) is 5.82 Å². The second-order valence-corrected chi connectivity index (χ2v) is 4.96. The van der Waals surface area contributed by atoms with E-state index in [1.807, 2.05) is 30.3 Å². The molecule has 2 aromatic carbocycles. The average Bonchev–Trinajstić information content (AvgIpc) is 2.89. The number of cyclic esters (lactones) is 1. The average molecular weight is 295 g/mol. The molecule has 1 aliphatic heterocycles. The van der Waals surface area contributed by atoms with E-state index in [2.05, 4.69) is 4.99 Å². The second-order valence-electron chi connectivity index (χ2n) is 4.96. The van der Waals surface area contributed by atoms with Gasteiger partial charge in [0.1, 0.15) is 5.82 Å². The molecule has 22 heavy (non-hydrogen) atoms. The van der Waals surface area contributed by atoms with Crippen molar-refractivity contribution in [1.82, 2.24) is 0 Å². The molecule has 0 aromatic heterocycles. The van der Waals surface area contributed by atoms with Crippen LogP contribution in [0.3, 0.4) is 0 Å². The van der Waals surface area contributed by atoms with Crippen LogP contribution in [0.2, 0.25) is 0 Å². The highest BCUT2D eigenvalue weighted by Crippen LogP contribution is 2.18. The molecule has 0 spiro atoms. The zero-order valence-electron chi connectivity index (χ0n) is 11.8. The first-order chi connectivity index (χ1) is 10.7. The van der Waals surface area contributed by atoms with Crippen LogP contribution in [0.25, 0.3) is 6.08 Å². The number of hydrogen-bond donors (Lipinski definition) is 0. The molecule has 1 heterocycles. The van der Waals surface area contributed by atoms with Crippen LogP contribution in [-0.2, 0) is 16.0 Å². The van der Waals surface area contributed by atoms with Gasteiger partial charge < -0.3 is 4.74 Å². The minimum Gasteiger partial charge on any atom is -0.407 e. The van der Waals surface area contributed by atoms with Crippen molar-refractivity contribution in [3.8, 4) is 0 Å². The standard InChI is InChI=1S/C18H14FNO2/c19-15-9-6-14(7-10-15)12-16-18(21)22-17(20-16)11-8-13-4-2-1-3-5-13/h1-7,9-10,12H,8,11H2/b16-12+. The van der Waals surface area contributed by atoms with E-state index >= 15 is 0 Å². The van der Waals surface area contributed by atoms with Crippen molar-refractivity contribution in [1.29, 1.82) is 0 Å². The summed E-state index contributed by atoms with van der Waals surface area (Å²) in [5, 5.41) is 0. The van der Waals surface area contributed by atoms with Crippen molar-refractivity contribution in [3.05, 3.63) is 77.2 Å². The Morgan fingerprint density at radius 1 is 1.00 bits per heavy atom. The molecule has 110 valence electrons. The molecular formula is C18H14FNO2. The summed E-state index contributed by atoms with van der Waals surface area (Å²) in [7, 11) is 0. The van der Waals surface area contributed by atoms with E-state index in [4.69, 9.17) is 4.74 Å². The van der Waals surface area contributed by atoms with E-state index in [1.54, 1.807) is 18.2 Å². The maximum Gasteiger partial charge on any atom is 0.363 e. The van der Waals surface area contributed by atoms with Gasteiger partial charge in [-0.25, -0.2) is 14.2 Å². The summed E-state index contributed by atoms with van der Waals surface area (Å²) in [4.78, 5) is 16.0. The maximum atomic E-state index is 12.9. The summed E-state index contributed by atoms with van der Waals surface area (Å²) < 4.78 is 18.0. The van der Waals surface area contributed by atoms with Gasteiger partial charge >= 0.3 is 5.97 Å². The first-order valence-electron chi connectivity index (χ1n) is 7.02. The number of esters is 1. The number of hydrogen-bond acceptors (Lipinski definition) is 3. The number of ether oxygens (including phenoxy) is 1. The molecule has 0 unspecified atom stereocenters. The molecule has 4 heteroatoms. The molecule has 2 aromatic rings. The quantitative estimate of drug-likeness (QED) is 0.636. The predicted octanol–water partition coefficient (Wildman–Crippen LogP) is 3.75. The monoisotopic (exact) mass is 295 g/mol. The number of aliphatic imine (C=N–C) groups is 1. The number of carbonyl (C=O) groups excluding carboxylic acids is 1. The molecule has 0 amide bonds. The normalized spacial score (nSPS) is 15.8. The third-order valence-corrected chi connectivity index (χ3v) is 3.31. The zero-order chi connectivity index (χ0) is 15.4. The number of benzene rings is 2. The molecule has 0 atom stereocenters. The lowest BCUT2D eigenvalue weighted by molar-refractivity contribution is -0.130. The predicted molar refractivity (Wildman–Crippen MR) is 82.7 cm³/mol. The Labute approximate surface area is 127 Å². The summed E-state index contributed by atoms with van der Waals surface area (Å²) in [6.45, 7) is 0. The summed E-state index contributed by atoms with van der Waals surface area (Å²) in [6.07, 6.45) is 2.92. The van der Waals surface area contributed by atoms with Crippen LogP contribution in [-0.4, -0.2) is 11.9 Å². The fourth-order valence-electron chi connectivity index (χ4n) is 2.17. The number of nitrogens with zero attached hydrogens (tertiary/aromatic N) is 1. The van der Waals surface area contributed by atoms with Crippen LogP contribution in [0.5, 0.6) is 0 Å². The molecule has 1 aliphatic rings. The lowest BCUT2D eigenvalue weighted by Gasteiger charge is -1.99. The topological polar surface area (TPSA) is 38.7 Å². The first kappa shape index (κ1) is 14.2. The summed E-state index contributed by atoms with van der Waals surface area (Å²) in [6, 6.07) is 15.8. The number of carbonyl (C=O) groups is 1. The first-order valence-corrected chi connectivity index (χ1v) is 7.02. The minimum atomic E-state index is -0.465. The highest BCUT2D eigenvalue weighted by atomic mass is 19.1. The van der Waals surface area contributed by atoms with Crippen molar-refractivity contribution in [3.63, 3.8) is 0 Å². The van der Waals surface area contributed by atoms with Crippen LogP contribution in [0.4, 0.5) is 4.39 Å². The Kier molecular flexibility index (Phi) is 4.10. The van der Waals surface area contributed by atoms with E-state index in [0.29, 0.717) is 17.9 Å². The Morgan fingerprint density at radius 2 is 1.73 bits per heavy atom. The summed E-state index contributed by atoms with van der Waals surface area (Å²) >= 11 is 0. The van der Waals surface area contributed by atoms with Crippen molar-refractivity contribution < 1.29 is 13.9 Å². The van der Waals surface area contributed by atoms with E-state index < -0.39 is 5.97 Å². The molecule has 3 rings (SSSR count). The minimum absolute atomic E-state index is 0.245. The van der Waals surface area contributed by atoms with Crippen LogP contribution in [0.1, 0.15) is 17.5 Å². The van der Waals surface area contributed by atoms with E-state index in [9.17, 15) is 9.18 Å². The molecule has 0 aliphatic carbocycles.